The largest absolute Gasteiger partial charge is 0.478 e. The fourth-order valence-corrected chi connectivity index (χ4v) is 2.43. The molecule has 6 nitrogen and oxygen atoms in total. The van der Waals surface area contributed by atoms with E-state index in [2.05, 4.69) is 5.32 Å². The predicted octanol–water partition coefficient (Wildman–Crippen LogP) is 2.47. The van der Waals surface area contributed by atoms with E-state index in [4.69, 9.17) is 33.0 Å². The molecule has 8 heteroatoms. The number of carbonyl (C=O) groups is 1. The standard InChI is InChI=1S/C16H16Cl2N2O4/c1-10-16(14(22)4-5-20(10)6-7-21)24-9-15(23)19-13-8-11(17)2-3-12(13)18/h2-5,8,21H,6-7,9H2,1H3,(H,19,23). The minimum atomic E-state index is -0.476. The topological polar surface area (TPSA) is 80.6 Å². The molecule has 0 aliphatic carbocycles. The summed E-state index contributed by atoms with van der Waals surface area (Å²) >= 11 is 11.8. The van der Waals surface area contributed by atoms with Gasteiger partial charge >= 0.3 is 0 Å². The molecular weight excluding hydrogens is 355 g/mol. The van der Waals surface area contributed by atoms with Crippen molar-refractivity contribution in [3.05, 3.63) is 56.4 Å². The zero-order valence-electron chi connectivity index (χ0n) is 12.9. The summed E-state index contributed by atoms with van der Waals surface area (Å²) in [5.74, 6) is -0.409. The molecule has 0 bridgehead atoms. The van der Waals surface area contributed by atoms with Gasteiger partial charge in [0.1, 0.15) is 0 Å². The number of aromatic nitrogens is 1. The van der Waals surface area contributed by atoms with E-state index >= 15 is 0 Å². The third-order valence-corrected chi connectivity index (χ3v) is 3.84. The lowest BCUT2D eigenvalue weighted by molar-refractivity contribution is -0.118. The number of carbonyl (C=O) groups excluding carboxylic acids is 1. The maximum atomic E-state index is 12.0. The van der Waals surface area contributed by atoms with Crippen LogP contribution in [-0.2, 0) is 11.3 Å². The molecule has 1 amide bonds. The van der Waals surface area contributed by atoms with Gasteiger partial charge in [0.05, 0.1) is 23.0 Å². The van der Waals surface area contributed by atoms with Crippen LogP contribution >= 0.6 is 23.2 Å². The van der Waals surface area contributed by atoms with Crippen LogP contribution in [0.15, 0.2) is 35.3 Å². The van der Waals surface area contributed by atoms with Gasteiger partial charge in [0.25, 0.3) is 5.91 Å². The Bertz CT molecular complexity index is 805. The molecule has 0 atom stereocenters. The van der Waals surface area contributed by atoms with Crippen molar-refractivity contribution in [2.75, 3.05) is 18.5 Å². The van der Waals surface area contributed by atoms with E-state index in [0.717, 1.165) is 0 Å². The van der Waals surface area contributed by atoms with Crippen LogP contribution in [0.5, 0.6) is 5.75 Å². The summed E-state index contributed by atoms with van der Waals surface area (Å²) < 4.78 is 7.02. The Balaban J connectivity index is 2.08. The average Bonchev–Trinajstić information content (AvgIpc) is 2.53. The van der Waals surface area contributed by atoms with Gasteiger partial charge in [-0.05, 0) is 25.1 Å². The second-order valence-corrected chi connectivity index (χ2v) is 5.82. The lowest BCUT2D eigenvalue weighted by Gasteiger charge is -2.14. The van der Waals surface area contributed by atoms with E-state index in [9.17, 15) is 9.59 Å². The number of amides is 1. The number of nitrogens with zero attached hydrogens (tertiary/aromatic N) is 1. The Kier molecular flexibility index (Phi) is 6.25. The van der Waals surface area contributed by atoms with Crippen molar-refractivity contribution in [3.63, 3.8) is 0 Å². The van der Waals surface area contributed by atoms with Gasteiger partial charge in [-0.2, -0.15) is 0 Å². The highest BCUT2D eigenvalue weighted by Crippen LogP contribution is 2.25. The first-order valence-corrected chi connectivity index (χ1v) is 7.86. The molecule has 1 heterocycles. The van der Waals surface area contributed by atoms with Crippen molar-refractivity contribution in [2.45, 2.75) is 13.5 Å². The number of nitrogens with one attached hydrogen (secondary N) is 1. The fraction of sp³-hybridized carbons (Fsp3) is 0.250. The minimum Gasteiger partial charge on any atom is -0.478 e. The van der Waals surface area contributed by atoms with Gasteiger partial charge in [-0.3, -0.25) is 9.59 Å². The normalized spacial score (nSPS) is 10.5. The highest BCUT2D eigenvalue weighted by molar-refractivity contribution is 6.35. The molecule has 2 rings (SSSR count). The summed E-state index contributed by atoms with van der Waals surface area (Å²) in [5, 5.41) is 12.4. The summed E-state index contributed by atoms with van der Waals surface area (Å²) in [6.45, 7) is 1.57. The van der Waals surface area contributed by atoms with Gasteiger partial charge in [-0.15, -0.1) is 0 Å². The monoisotopic (exact) mass is 370 g/mol. The van der Waals surface area contributed by atoms with Crippen LogP contribution < -0.4 is 15.5 Å². The number of pyridine rings is 1. The zero-order chi connectivity index (χ0) is 17.7. The van der Waals surface area contributed by atoms with E-state index in [0.29, 0.717) is 28.0 Å². The first-order valence-electron chi connectivity index (χ1n) is 7.11. The van der Waals surface area contributed by atoms with Gasteiger partial charge in [-0.25, -0.2) is 0 Å². The van der Waals surface area contributed by atoms with Crippen molar-refractivity contribution in [1.82, 2.24) is 4.57 Å². The highest BCUT2D eigenvalue weighted by atomic mass is 35.5. The van der Waals surface area contributed by atoms with Crippen LogP contribution in [0.3, 0.4) is 0 Å². The SMILES string of the molecule is Cc1c(OCC(=O)Nc2cc(Cl)ccc2Cl)c(=O)ccn1CCO. The summed E-state index contributed by atoms with van der Waals surface area (Å²) in [6, 6.07) is 6.01. The number of aliphatic hydroxyl groups is 1. The van der Waals surface area contributed by atoms with Crippen LogP contribution in [0.4, 0.5) is 5.69 Å². The van der Waals surface area contributed by atoms with Crippen molar-refractivity contribution >= 4 is 34.8 Å². The highest BCUT2D eigenvalue weighted by Gasteiger charge is 2.12. The molecule has 0 fully saturated rings. The van der Waals surface area contributed by atoms with Gasteiger partial charge in [0.2, 0.25) is 5.43 Å². The molecule has 2 N–H and O–H groups in total. The number of anilines is 1. The number of halogens is 2. The molecule has 128 valence electrons. The van der Waals surface area contributed by atoms with Crippen molar-refractivity contribution in [2.24, 2.45) is 0 Å². The van der Waals surface area contributed by atoms with Crippen LogP contribution in [0.25, 0.3) is 0 Å². The molecule has 1 aromatic heterocycles. The molecule has 0 spiro atoms. The maximum Gasteiger partial charge on any atom is 0.262 e. The van der Waals surface area contributed by atoms with E-state index in [1.54, 1.807) is 29.8 Å². The zero-order valence-corrected chi connectivity index (χ0v) is 14.4. The van der Waals surface area contributed by atoms with Crippen molar-refractivity contribution in [3.8, 4) is 5.75 Å². The third kappa shape index (κ3) is 4.50. The number of aliphatic hydroxyl groups excluding tert-OH is 1. The summed E-state index contributed by atoms with van der Waals surface area (Å²) in [4.78, 5) is 23.9. The Labute approximate surface area is 148 Å². The molecular formula is C16H16Cl2N2O4. The second-order valence-electron chi connectivity index (χ2n) is 4.97. The van der Waals surface area contributed by atoms with Crippen LogP contribution in [0, 0.1) is 6.92 Å². The van der Waals surface area contributed by atoms with Gasteiger partial charge < -0.3 is 19.7 Å². The second kappa shape index (κ2) is 8.19. The average molecular weight is 371 g/mol. The Morgan fingerprint density at radius 3 is 2.79 bits per heavy atom. The van der Waals surface area contributed by atoms with E-state index in [1.807, 2.05) is 0 Å². The maximum absolute atomic E-state index is 12.0. The molecule has 0 saturated heterocycles. The summed E-state index contributed by atoms with van der Waals surface area (Å²) in [5.41, 5.74) is 0.556. The molecule has 0 unspecified atom stereocenters. The van der Waals surface area contributed by atoms with Crippen LogP contribution in [-0.4, -0.2) is 28.8 Å². The summed E-state index contributed by atoms with van der Waals surface area (Å²) in [7, 11) is 0. The van der Waals surface area contributed by atoms with Crippen molar-refractivity contribution < 1.29 is 14.6 Å². The lowest BCUT2D eigenvalue weighted by atomic mass is 10.3. The molecule has 0 aliphatic rings. The molecule has 0 radical (unpaired) electrons. The molecule has 0 saturated carbocycles. The quantitative estimate of drug-likeness (QED) is 0.818. The number of ether oxygens (including phenoxy) is 1. The Morgan fingerprint density at radius 2 is 2.08 bits per heavy atom. The lowest BCUT2D eigenvalue weighted by Crippen LogP contribution is -2.24. The predicted molar refractivity (Wildman–Crippen MR) is 93.1 cm³/mol. The van der Waals surface area contributed by atoms with Gasteiger partial charge in [0.15, 0.2) is 12.4 Å². The molecule has 0 aliphatic heterocycles. The minimum absolute atomic E-state index is 0.0679. The first-order chi connectivity index (χ1) is 11.4. The summed E-state index contributed by atoms with van der Waals surface area (Å²) in [6.07, 6.45) is 1.56. The smallest absolute Gasteiger partial charge is 0.262 e. The van der Waals surface area contributed by atoms with Crippen LogP contribution in [0.1, 0.15) is 5.69 Å². The van der Waals surface area contributed by atoms with E-state index < -0.39 is 5.91 Å². The molecule has 24 heavy (non-hydrogen) atoms. The third-order valence-electron chi connectivity index (χ3n) is 3.28. The fourth-order valence-electron chi connectivity index (χ4n) is 2.10. The molecule has 2 aromatic rings. The molecule has 1 aromatic carbocycles. The van der Waals surface area contributed by atoms with Gasteiger partial charge in [-0.1, -0.05) is 23.2 Å². The number of hydrogen-bond donors (Lipinski definition) is 2. The van der Waals surface area contributed by atoms with E-state index in [1.165, 1.54) is 12.1 Å². The Morgan fingerprint density at radius 1 is 1.33 bits per heavy atom. The van der Waals surface area contributed by atoms with Crippen LogP contribution in [0.2, 0.25) is 10.0 Å². The van der Waals surface area contributed by atoms with E-state index in [-0.39, 0.29) is 24.4 Å². The number of rotatable bonds is 6. The van der Waals surface area contributed by atoms with Crippen molar-refractivity contribution in [1.29, 1.82) is 0 Å². The van der Waals surface area contributed by atoms with Gasteiger partial charge in [0, 0.05) is 23.8 Å². The first kappa shape index (κ1) is 18.3. The number of hydrogen-bond acceptors (Lipinski definition) is 4. The number of benzene rings is 1. The Hall–Kier alpha value is -2.02.